The normalized spacial score (nSPS) is 18.6. The summed E-state index contributed by atoms with van der Waals surface area (Å²) >= 11 is 1.39. The number of morpholine rings is 1. The molecule has 0 spiro atoms. The summed E-state index contributed by atoms with van der Waals surface area (Å²) in [5.41, 5.74) is 2.51. The summed E-state index contributed by atoms with van der Waals surface area (Å²) in [4.78, 5) is 19.1. The van der Waals surface area contributed by atoms with Crippen molar-refractivity contribution < 1.29 is 9.53 Å². The third kappa shape index (κ3) is 3.51. The monoisotopic (exact) mass is 269 g/mol. The highest BCUT2D eigenvalue weighted by atomic mass is 32.1. The van der Waals surface area contributed by atoms with Crippen LogP contribution in [0.1, 0.15) is 22.3 Å². The summed E-state index contributed by atoms with van der Waals surface area (Å²) in [6.07, 6.45) is 0. The van der Waals surface area contributed by atoms with E-state index in [1.54, 1.807) is 5.51 Å². The first-order valence-electron chi connectivity index (χ1n) is 6.18. The van der Waals surface area contributed by atoms with Gasteiger partial charge in [0.1, 0.15) is 4.88 Å². The van der Waals surface area contributed by atoms with Gasteiger partial charge in [-0.1, -0.05) is 0 Å². The molecule has 1 aromatic rings. The van der Waals surface area contributed by atoms with E-state index in [0.29, 0.717) is 4.88 Å². The summed E-state index contributed by atoms with van der Waals surface area (Å²) in [7, 11) is 0. The molecule has 0 saturated carbocycles. The zero-order valence-corrected chi connectivity index (χ0v) is 11.6. The minimum atomic E-state index is -0.0178. The van der Waals surface area contributed by atoms with Gasteiger partial charge in [0.05, 0.1) is 24.4 Å². The Morgan fingerprint density at radius 2 is 2.33 bits per heavy atom. The van der Waals surface area contributed by atoms with Crippen molar-refractivity contribution in [3.63, 3.8) is 0 Å². The second kappa shape index (κ2) is 6.26. The maximum Gasteiger partial charge on any atom is 0.263 e. The molecule has 1 saturated heterocycles. The van der Waals surface area contributed by atoms with Crippen molar-refractivity contribution >= 4 is 17.2 Å². The first-order valence-corrected chi connectivity index (χ1v) is 7.06. The maximum absolute atomic E-state index is 12.0. The zero-order valence-electron chi connectivity index (χ0n) is 10.8. The van der Waals surface area contributed by atoms with Crippen LogP contribution >= 0.6 is 11.3 Å². The molecule has 0 aromatic carbocycles. The Hall–Kier alpha value is -0.980. The molecule has 100 valence electrons. The molecule has 0 bridgehead atoms. The quantitative estimate of drug-likeness (QED) is 0.882. The number of carbonyl (C=O) groups is 1. The largest absolute Gasteiger partial charge is 0.379 e. The molecule has 1 aliphatic rings. The van der Waals surface area contributed by atoms with Gasteiger partial charge in [0.25, 0.3) is 5.91 Å². The van der Waals surface area contributed by atoms with Gasteiger partial charge >= 0.3 is 0 Å². The third-order valence-electron chi connectivity index (χ3n) is 2.97. The zero-order chi connectivity index (χ0) is 13.0. The Morgan fingerprint density at radius 1 is 1.61 bits per heavy atom. The van der Waals surface area contributed by atoms with Gasteiger partial charge in [-0.15, -0.1) is 11.3 Å². The predicted molar refractivity (Wildman–Crippen MR) is 71.0 cm³/mol. The third-order valence-corrected chi connectivity index (χ3v) is 3.89. The Morgan fingerprint density at radius 3 is 2.94 bits per heavy atom. The van der Waals surface area contributed by atoms with Crippen LogP contribution in [0.3, 0.4) is 0 Å². The topological polar surface area (TPSA) is 54.5 Å². The highest BCUT2D eigenvalue weighted by Gasteiger charge is 2.17. The fourth-order valence-electron chi connectivity index (χ4n) is 2.03. The average molecular weight is 269 g/mol. The number of aryl methyl sites for hydroxylation is 1. The lowest BCUT2D eigenvalue weighted by molar-refractivity contribution is 0.0342. The lowest BCUT2D eigenvalue weighted by atomic mass is 10.2. The second-order valence-electron chi connectivity index (χ2n) is 4.55. The minimum absolute atomic E-state index is 0.0178. The number of ether oxygens (including phenoxy) is 1. The van der Waals surface area contributed by atoms with Crippen molar-refractivity contribution in [2.24, 2.45) is 0 Å². The molecule has 1 amide bonds. The highest BCUT2D eigenvalue weighted by Crippen LogP contribution is 2.12. The predicted octanol–water partition coefficient (Wildman–Crippen LogP) is 0.902. The molecule has 1 N–H and O–H groups in total. The van der Waals surface area contributed by atoms with Crippen LogP contribution in [0, 0.1) is 6.92 Å². The SMILES string of the molecule is Cc1ncsc1C(=O)N[C@@H](C)CN1CCOCC1. The van der Waals surface area contributed by atoms with Crippen LogP contribution in [-0.4, -0.2) is 54.7 Å². The smallest absolute Gasteiger partial charge is 0.263 e. The molecule has 6 heteroatoms. The van der Waals surface area contributed by atoms with Crippen LogP contribution in [0.4, 0.5) is 0 Å². The number of nitrogens with zero attached hydrogens (tertiary/aromatic N) is 2. The summed E-state index contributed by atoms with van der Waals surface area (Å²) in [5.74, 6) is -0.0178. The number of hydrogen-bond acceptors (Lipinski definition) is 5. The molecular weight excluding hydrogens is 250 g/mol. The average Bonchev–Trinajstić information content (AvgIpc) is 2.76. The fraction of sp³-hybridized carbons (Fsp3) is 0.667. The van der Waals surface area contributed by atoms with Crippen LogP contribution in [0.15, 0.2) is 5.51 Å². The number of nitrogens with one attached hydrogen (secondary N) is 1. The molecule has 5 nitrogen and oxygen atoms in total. The van der Waals surface area contributed by atoms with Gasteiger partial charge < -0.3 is 10.1 Å². The minimum Gasteiger partial charge on any atom is -0.379 e. The van der Waals surface area contributed by atoms with E-state index in [9.17, 15) is 4.79 Å². The van der Waals surface area contributed by atoms with Gasteiger partial charge in [0, 0.05) is 25.7 Å². The second-order valence-corrected chi connectivity index (χ2v) is 5.41. The van der Waals surface area contributed by atoms with Crippen molar-refractivity contribution in [1.29, 1.82) is 0 Å². The lowest BCUT2D eigenvalue weighted by Gasteiger charge is -2.29. The standard InChI is InChI=1S/C12H19N3O2S/c1-9(7-15-3-5-17-6-4-15)14-12(16)11-10(2)13-8-18-11/h8-9H,3-7H2,1-2H3,(H,14,16)/t9-/m0/s1. The summed E-state index contributed by atoms with van der Waals surface area (Å²) in [6, 6.07) is 0.136. The van der Waals surface area contributed by atoms with Gasteiger partial charge in [0.15, 0.2) is 0 Å². The summed E-state index contributed by atoms with van der Waals surface area (Å²) in [5, 5.41) is 3.02. The van der Waals surface area contributed by atoms with Gasteiger partial charge in [-0.2, -0.15) is 0 Å². The van der Waals surface area contributed by atoms with E-state index in [1.165, 1.54) is 11.3 Å². The molecule has 0 aliphatic carbocycles. The van der Waals surface area contributed by atoms with Gasteiger partial charge in [-0.25, -0.2) is 4.98 Å². The number of amides is 1. The Bertz CT molecular complexity index is 402. The fourth-order valence-corrected chi connectivity index (χ4v) is 2.73. The van der Waals surface area contributed by atoms with E-state index >= 15 is 0 Å². The van der Waals surface area contributed by atoms with Gasteiger partial charge in [-0.3, -0.25) is 9.69 Å². The lowest BCUT2D eigenvalue weighted by Crippen LogP contribution is -2.46. The van der Waals surface area contributed by atoms with E-state index in [4.69, 9.17) is 4.74 Å². The van der Waals surface area contributed by atoms with Gasteiger partial charge in [-0.05, 0) is 13.8 Å². The van der Waals surface area contributed by atoms with E-state index < -0.39 is 0 Å². The maximum atomic E-state index is 12.0. The molecule has 0 unspecified atom stereocenters. The molecular formula is C12H19N3O2S. The molecule has 1 atom stereocenters. The molecule has 2 rings (SSSR count). The summed E-state index contributed by atoms with van der Waals surface area (Å²) in [6.45, 7) is 8.22. The van der Waals surface area contributed by atoms with Crippen LogP contribution in [0.5, 0.6) is 0 Å². The number of thiazole rings is 1. The molecule has 1 aliphatic heterocycles. The molecule has 18 heavy (non-hydrogen) atoms. The number of carbonyl (C=O) groups excluding carboxylic acids is 1. The molecule has 1 fully saturated rings. The van der Waals surface area contributed by atoms with E-state index in [1.807, 2.05) is 13.8 Å². The number of rotatable bonds is 4. The van der Waals surface area contributed by atoms with Crippen molar-refractivity contribution in [2.45, 2.75) is 19.9 Å². The Labute approximate surface area is 111 Å². The van der Waals surface area contributed by atoms with Crippen LogP contribution < -0.4 is 5.32 Å². The molecule has 2 heterocycles. The van der Waals surface area contributed by atoms with Crippen LogP contribution in [0.25, 0.3) is 0 Å². The van der Waals surface area contributed by atoms with Crippen LogP contribution in [0.2, 0.25) is 0 Å². The van der Waals surface area contributed by atoms with Gasteiger partial charge in [0.2, 0.25) is 0 Å². The highest BCUT2D eigenvalue weighted by molar-refractivity contribution is 7.11. The first-order chi connectivity index (χ1) is 8.66. The van der Waals surface area contributed by atoms with Crippen molar-refractivity contribution in [2.75, 3.05) is 32.8 Å². The first kappa shape index (κ1) is 13.5. The van der Waals surface area contributed by atoms with Crippen LogP contribution in [-0.2, 0) is 4.74 Å². The van der Waals surface area contributed by atoms with Crippen molar-refractivity contribution in [3.8, 4) is 0 Å². The molecule has 0 radical (unpaired) electrons. The summed E-state index contributed by atoms with van der Waals surface area (Å²) < 4.78 is 5.30. The van der Waals surface area contributed by atoms with E-state index in [-0.39, 0.29) is 11.9 Å². The van der Waals surface area contributed by atoms with E-state index in [2.05, 4.69) is 15.2 Å². The van der Waals surface area contributed by atoms with Crippen molar-refractivity contribution in [3.05, 3.63) is 16.1 Å². The number of hydrogen-bond donors (Lipinski definition) is 1. The Kier molecular flexibility index (Phi) is 4.68. The van der Waals surface area contributed by atoms with E-state index in [0.717, 1.165) is 38.5 Å². The van der Waals surface area contributed by atoms with Crippen molar-refractivity contribution in [1.82, 2.24) is 15.2 Å². The molecule has 1 aromatic heterocycles. The number of aromatic nitrogens is 1. The Balaban J connectivity index is 1.81.